The van der Waals surface area contributed by atoms with Crippen LogP contribution in [0.3, 0.4) is 0 Å². The molecule has 0 saturated carbocycles. The third kappa shape index (κ3) is 5.31. The molecule has 18 heavy (non-hydrogen) atoms. The van der Waals surface area contributed by atoms with E-state index in [1.54, 1.807) is 6.92 Å². The molecule has 1 heterocycles. The topological polar surface area (TPSA) is 70.1 Å². The smallest absolute Gasteiger partial charge is 0.132 e. The molecular formula is C13H24N4O. The normalized spacial score (nSPS) is 12.2. The van der Waals surface area contributed by atoms with Gasteiger partial charge >= 0.3 is 0 Å². The van der Waals surface area contributed by atoms with Crippen molar-refractivity contribution < 1.29 is 5.11 Å². The number of hydrogen-bond acceptors (Lipinski definition) is 5. The Balaban J connectivity index is 2.64. The molecule has 0 aliphatic heterocycles. The van der Waals surface area contributed by atoms with Gasteiger partial charge in [-0.15, -0.1) is 0 Å². The molecule has 0 amide bonds. The van der Waals surface area contributed by atoms with Crippen LogP contribution >= 0.6 is 0 Å². The van der Waals surface area contributed by atoms with Crippen LogP contribution in [0.5, 0.6) is 0 Å². The van der Waals surface area contributed by atoms with Crippen molar-refractivity contribution in [3.63, 3.8) is 0 Å². The molecule has 1 rings (SSSR count). The number of anilines is 2. The summed E-state index contributed by atoms with van der Waals surface area (Å²) in [6.45, 7) is 7.57. The van der Waals surface area contributed by atoms with Crippen LogP contribution in [-0.2, 0) is 6.42 Å². The molecule has 0 fully saturated rings. The minimum atomic E-state index is -0.289. The Morgan fingerprint density at radius 2 is 1.78 bits per heavy atom. The van der Waals surface area contributed by atoms with Crippen LogP contribution in [0.2, 0.25) is 0 Å². The van der Waals surface area contributed by atoms with Crippen molar-refractivity contribution in [3.05, 3.63) is 11.9 Å². The molecule has 1 atom stereocenters. The molecule has 1 unspecified atom stereocenters. The largest absolute Gasteiger partial charge is 0.393 e. The van der Waals surface area contributed by atoms with Crippen LogP contribution < -0.4 is 10.6 Å². The van der Waals surface area contributed by atoms with Crippen molar-refractivity contribution >= 4 is 11.6 Å². The molecule has 1 aromatic rings. The van der Waals surface area contributed by atoms with Crippen molar-refractivity contribution in [1.82, 2.24) is 9.97 Å². The van der Waals surface area contributed by atoms with Gasteiger partial charge in [0.05, 0.1) is 6.10 Å². The highest BCUT2D eigenvalue weighted by molar-refractivity contribution is 5.47. The summed E-state index contributed by atoms with van der Waals surface area (Å²) in [6, 6.07) is 1.91. The number of aliphatic hydroxyl groups is 1. The van der Waals surface area contributed by atoms with E-state index in [-0.39, 0.29) is 6.10 Å². The summed E-state index contributed by atoms with van der Waals surface area (Å²) in [5.74, 6) is 2.51. The Labute approximate surface area is 109 Å². The lowest BCUT2D eigenvalue weighted by molar-refractivity contribution is 0.188. The molecule has 3 N–H and O–H groups in total. The van der Waals surface area contributed by atoms with Crippen molar-refractivity contribution in [1.29, 1.82) is 0 Å². The third-order valence-electron chi connectivity index (χ3n) is 2.51. The van der Waals surface area contributed by atoms with E-state index >= 15 is 0 Å². The molecular weight excluding hydrogens is 228 g/mol. The summed E-state index contributed by atoms with van der Waals surface area (Å²) in [5.41, 5.74) is 0. The van der Waals surface area contributed by atoms with Crippen LogP contribution in [0.1, 0.15) is 39.4 Å². The Hall–Kier alpha value is -1.36. The molecule has 5 nitrogen and oxygen atoms in total. The number of hydrogen-bond donors (Lipinski definition) is 3. The van der Waals surface area contributed by atoms with Crippen LogP contribution in [0, 0.1) is 0 Å². The maximum Gasteiger partial charge on any atom is 0.132 e. The average Bonchev–Trinajstić information content (AvgIpc) is 2.35. The molecule has 0 aliphatic rings. The maximum atomic E-state index is 9.22. The summed E-state index contributed by atoms with van der Waals surface area (Å²) in [6.07, 6.45) is 2.30. The number of nitrogens with zero attached hydrogens (tertiary/aromatic N) is 2. The van der Waals surface area contributed by atoms with Gasteiger partial charge in [-0.1, -0.05) is 13.8 Å². The Bertz CT molecular complexity index is 355. The first-order valence-corrected chi connectivity index (χ1v) is 6.69. The van der Waals surface area contributed by atoms with Gasteiger partial charge in [0.1, 0.15) is 17.5 Å². The molecule has 0 spiro atoms. The zero-order valence-corrected chi connectivity index (χ0v) is 11.5. The first kappa shape index (κ1) is 14.7. The van der Waals surface area contributed by atoms with Gasteiger partial charge in [-0.3, -0.25) is 0 Å². The van der Waals surface area contributed by atoms with Gasteiger partial charge in [0.2, 0.25) is 0 Å². The lowest BCUT2D eigenvalue weighted by Crippen LogP contribution is -2.12. The number of nitrogens with one attached hydrogen (secondary N) is 2. The zero-order chi connectivity index (χ0) is 13.4. The quantitative estimate of drug-likeness (QED) is 0.660. The summed E-state index contributed by atoms with van der Waals surface area (Å²) in [7, 11) is 0. The van der Waals surface area contributed by atoms with E-state index in [9.17, 15) is 5.11 Å². The van der Waals surface area contributed by atoms with Crippen molar-refractivity contribution in [2.75, 3.05) is 23.7 Å². The fraction of sp³-hybridized carbons (Fsp3) is 0.692. The Kier molecular flexibility index (Phi) is 6.43. The molecule has 0 bridgehead atoms. The zero-order valence-electron chi connectivity index (χ0n) is 11.5. The highest BCUT2D eigenvalue weighted by atomic mass is 16.3. The van der Waals surface area contributed by atoms with E-state index in [4.69, 9.17) is 0 Å². The van der Waals surface area contributed by atoms with Crippen molar-refractivity contribution in [2.45, 2.75) is 46.1 Å². The molecule has 102 valence electrons. The van der Waals surface area contributed by atoms with E-state index in [1.165, 1.54) is 0 Å². The summed E-state index contributed by atoms with van der Waals surface area (Å²) in [4.78, 5) is 8.83. The molecule has 0 radical (unpaired) electrons. The molecule has 5 heteroatoms. The SMILES string of the molecule is CCCNc1cc(NCCC(C)O)nc(CC)n1. The monoisotopic (exact) mass is 252 g/mol. The second kappa shape index (κ2) is 7.87. The van der Waals surface area contributed by atoms with Gasteiger partial charge in [-0.25, -0.2) is 9.97 Å². The molecule has 1 aromatic heterocycles. The fourth-order valence-electron chi connectivity index (χ4n) is 1.50. The number of aryl methyl sites for hydroxylation is 1. The average molecular weight is 252 g/mol. The predicted molar refractivity (Wildman–Crippen MR) is 75.0 cm³/mol. The summed E-state index contributed by atoms with van der Waals surface area (Å²) < 4.78 is 0. The van der Waals surface area contributed by atoms with E-state index in [0.29, 0.717) is 13.0 Å². The van der Waals surface area contributed by atoms with Gasteiger partial charge in [0, 0.05) is 25.6 Å². The number of aliphatic hydroxyl groups excluding tert-OH is 1. The van der Waals surface area contributed by atoms with Gasteiger partial charge in [0.15, 0.2) is 0 Å². The predicted octanol–water partition coefficient (Wildman–Crippen LogP) is 2.04. The molecule has 0 aromatic carbocycles. The van der Waals surface area contributed by atoms with Crippen LogP contribution in [0.25, 0.3) is 0 Å². The lowest BCUT2D eigenvalue weighted by atomic mass is 10.3. The van der Waals surface area contributed by atoms with E-state index in [1.807, 2.05) is 13.0 Å². The standard InChI is InChI=1S/C13H24N4O/c1-4-7-14-12-9-13(15-8-6-10(3)18)17-11(5-2)16-12/h9-10,18H,4-8H2,1-3H3,(H2,14,15,16,17). The van der Waals surface area contributed by atoms with Gasteiger partial charge in [-0.2, -0.15) is 0 Å². The fourth-order valence-corrected chi connectivity index (χ4v) is 1.50. The van der Waals surface area contributed by atoms with Crippen molar-refractivity contribution in [3.8, 4) is 0 Å². The van der Waals surface area contributed by atoms with E-state index in [0.717, 1.165) is 36.8 Å². The molecule has 0 saturated heterocycles. The highest BCUT2D eigenvalue weighted by Crippen LogP contribution is 2.12. The number of rotatable bonds is 8. The minimum Gasteiger partial charge on any atom is -0.393 e. The van der Waals surface area contributed by atoms with Crippen molar-refractivity contribution in [2.24, 2.45) is 0 Å². The minimum absolute atomic E-state index is 0.289. The lowest BCUT2D eigenvalue weighted by Gasteiger charge is -2.11. The highest BCUT2D eigenvalue weighted by Gasteiger charge is 2.03. The van der Waals surface area contributed by atoms with Gasteiger partial charge in [-0.05, 0) is 19.8 Å². The van der Waals surface area contributed by atoms with Crippen LogP contribution in [0.4, 0.5) is 11.6 Å². The van der Waals surface area contributed by atoms with Gasteiger partial charge < -0.3 is 15.7 Å². The van der Waals surface area contributed by atoms with E-state index in [2.05, 4.69) is 27.5 Å². The first-order chi connectivity index (χ1) is 8.65. The van der Waals surface area contributed by atoms with Crippen LogP contribution in [-0.4, -0.2) is 34.3 Å². The summed E-state index contributed by atoms with van der Waals surface area (Å²) >= 11 is 0. The second-order valence-electron chi connectivity index (χ2n) is 4.40. The number of aromatic nitrogens is 2. The van der Waals surface area contributed by atoms with Crippen LogP contribution in [0.15, 0.2) is 6.07 Å². The Morgan fingerprint density at radius 1 is 1.17 bits per heavy atom. The maximum absolute atomic E-state index is 9.22. The third-order valence-corrected chi connectivity index (χ3v) is 2.51. The van der Waals surface area contributed by atoms with E-state index < -0.39 is 0 Å². The van der Waals surface area contributed by atoms with Gasteiger partial charge in [0.25, 0.3) is 0 Å². The Morgan fingerprint density at radius 3 is 2.28 bits per heavy atom. The first-order valence-electron chi connectivity index (χ1n) is 6.69. The second-order valence-corrected chi connectivity index (χ2v) is 4.40. The molecule has 0 aliphatic carbocycles. The summed E-state index contributed by atoms with van der Waals surface area (Å²) in [5, 5.41) is 15.7.